The van der Waals surface area contributed by atoms with E-state index in [0.29, 0.717) is 0 Å². The Labute approximate surface area is 94.4 Å². The van der Waals surface area contributed by atoms with E-state index in [1.54, 1.807) is 0 Å². The van der Waals surface area contributed by atoms with Gasteiger partial charge in [0.25, 0.3) is 0 Å². The Morgan fingerprint density at radius 1 is 1.00 bits per heavy atom. The first kappa shape index (κ1) is 12.0. The van der Waals surface area contributed by atoms with E-state index in [1.807, 2.05) is 31.4 Å². The smallest absolute Gasteiger partial charge is 0.336 e. The van der Waals surface area contributed by atoms with Crippen LogP contribution in [-0.4, -0.2) is 44.5 Å². The Balaban J connectivity index is 3.60. The monoisotopic (exact) mass is 198 g/mol. The molecule has 1 aromatic rings. The summed E-state index contributed by atoms with van der Waals surface area (Å²) in [6.07, 6.45) is 0. The molecule has 0 N–H and O–H groups in total. The summed E-state index contributed by atoms with van der Waals surface area (Å²) in [5, 5.41) is 0. The molecule has 15 heavy (non-hydrogen) atoms. The number of esters is 1. The van der Waals surface area contributed by atoms with Gasteiger partial charge in [0, 0.05) is 5.56 Å². The molecule has 0 heterocycles. The van der Waals surface area contributed by atoms with Crippen LogP contribution in [0.25, 0.3) is 0 Å². The molecule has 0 aliphatic rings. The lowest BCUT2D eigenvalue weighted by Gasteiger charge is -2.17. The first-order chi connectivity index (χ1) is 6.91. The van der Waals surface area contributed by atoms with Gasteiger partial charge in [0.05, 0.1) is 7.11 Å². The van der Waals surface area contributed by atoms with Crippen molar-refractivity contribution in [3.8, 4) is 0 Å². The topological polar surface area (TPSA) is 26.3 Å². The van der Waals surface area contributed by atoms with Gasteiger partial charge < -0.3 is 4.74 Å². The van der Waals surface area contributed by atoms with Gasteiger partial charge in [0.15, 0.2) is 0 Å². The predicted octanol–water partition coefficient (Wildman–Crippen LogP) is -5.18. The largest absolute Gasteiger partial charge is 0.465 e. The molecule has 0 amide bonds. The quantitative estimate of drug-likeness (QED) is 0.332. The standard InChI is InChI=1S/C9H14B4O2/c1-3-5(10)7(12)4(9(14)15-2)8(13)6(3)11/h10-13H2,1-2H3. The highest BCUT2D eigenvalue weighted by Crippen LogP contribution is 1.93. The fourth-order valence-electron chi connectivity index (χ4n) is 1.91. The van der Waals surface area contributed by atoms with E-state index in [1.165, 1.54) is 23.6 Å². The third-order valence-corrected chi connectivity index (χ3v) is 3.39. The summed E-state index contributed by atoms with van der Waals surface area (Å²) in [7, 11) is 9.46. The number of rotatable bonds is 1. The summed E-state index contributed by atoms with van der Waals surface area (Å²) in [6, 6.07) is 0. The van der Waals surface area contributed by atoms with Crippen molar-refractivity contribution in [3.63, 3.8) is 0 Å². The van der Waals surface area contributed by atoms with Crippen molar-refractivity contribution >= 4 is 59.2 Å². The lowest BCUT2D eigenvalue weighted by atomic mass is 9.65. The second-order valence-electron chi connectivity index (χ2n) is 3.99. The van der Waals surface area contributed by atoms with Crippen LogP contribution >= 0.6 is 0 Å². The molecule has 2 nitrogen and oxygen atoms in total. The summed E-state index contributed by atoms with van der Waals surface area (Å²) in [6.45, 7) is 2.09. The maximum atomic E-state index is 11.6. The van der Waals surface area contributed by atoms with Crippen molar-refractivity contribution in [1.29, 1.82) is 0 Å². The Kier molecular flexibility index (Phi) is 3.38. The molecule has 1 rings (SSSR count). The number of ether oxygens (including phenoxy) is 1. The molecule has 0 aromatic heterocycles. The van der Waals surface area contributed by atoms with Crippen molar-refractivity contribution < 1.29 is 9.53 Å². The van der Waals surface area contributed by atoms with E-state index in [4.69, 9.17) is 4.74 Å². The van der Waals surface area contributed by atoms with E-state index in [-0.39, 0.29) is 5.97 Å². The van der Waals surface area contributed by atoms with E-state index in [2.05, 4.69) is 6.92 Å². The SMILES string of the molecule is Bc1c(B)c(C(=O)OC)c(B)c(B)c1C. The molecule has 6 heteroatoms. The molecule has 0 aliphatic carbocycles. The van der Waals surface area contributed by atoms with Gasteiger partial charge in [-0.05, 0) is 6.92 Å². The van der Waals surface area contributed by atoms with Crippen LogP contribution in [0, 0.1) is 6.92 Å². The molecule has 0 radical (unpaired) electrons. The summed E-state index contributed by atoms with van der Waals surface area (Å²) in [5.74, 6) is -0.240. The number of methoxy groups -OCH3 is 1. The molecule has 0 saturated heterocycles. The summed E-state index contributed by atoms with van der Waals surface area (Å²) < 4.78 is 4.81. The van der Waals surface area contributed by atoms with Gasteiger partial charge in [-0.3, -0.25) is 0 Å². The number of hydrogen-bond donors (Lipinski definition) is 0. The second-order valence-corrected chi connectivity index (χ2v) is 3.99. The van der Waals surface area contributed by atoms with Gasteiger partial charge in [0.1, 0.15) is 31.4 Å². The third kappa shape index (κ3) is 1.85. The molecule has 0 atom stereocenters. The first-order valence-corrected chi connectivity index (χ1v) is 5.07. The second kappa shape index (κ2) is 4.21. The number of carbonyl (C=O) groups excluding carboxylic acids is 1. The zero-order valence-electron chi connectivity index (χ0n) is 10.3. The summed E-state index contributed by atoms with van der Waals surface area (Å²) in [4.78, 5) is 11.6. The number of benzene rings is 1. The molecule has 1 aromatic carbocycles. The molecule has 0 spiro atoms. The fraction of sp³-hybridized carbons (Fsp3) is 0.222. The first-order valence-electron chi connectivity index (χ1n) is 5.07. The van der Waals surface area contributed by atoms with Crippen molar-refractivity contribution in [2.75, 3.05) is 7.11 Å². The van der Waals surface area contributed by atoms with Crippen LogP contribution in [0.15, 0.2) is 0 Å². The molecule has 0 aliphatic heterocycles. The van der Waals surface area contributed by atoms with Crippen molar-refractivity contribution in [1.82, 2.24) is 0 Å². The third-order valence-electron chi connectivity index (χ3n) is 3.39. The van der Waals surface area contributed by atoms with Crippen LogP contribution < -0.4 is 21.9 Å². The molecule has 74 valence electrons. The van der Waals surface area contributed by atoms with E-state index >= 15 is 0 Å². The lowest BCUT2D eigenvalue weighted by molar-refractivity contribution is 0.0604. The van der Waals surface area contributed by atoms with Crippen LogP contribution in [0.1, 0.15) is 15.9 Å². The minimum absolute atomic E-state index is 0.240. The van der Waals surface area contributed by atoms with Crippen LogP contribution in [0.2, 0.25) is 0 Å². The van der Waals surface area contributed by atoms with Crippen molar-refractivity contribution in [2.24, 2.45) is 0 Å². The van der Waals surface area contributed by atoms with Gasteiger partial charge in [-0.2, -0.15) is 0 Å². The van der Waals surface area contributed by atoms with Gasteiger partial charge in [-0.15, -0.1) is 0 Å². The summed E-state index contributed by atoms with van der Waals surface area (Å²) >= 11 is 0. The minimum Gasteiger partial charge on any atom is -0.465 e. The highest BCUT2D eigenvalue weighted by molar-refractivity contribution is 6.59. The number of carbonyl (C=O) groups is 1. The van der Waals surface area contributed by atoms with E-state index < -0.39 is 0 Å². The Hall–Kier alpha value is -1.05. The fourth-order valence-corrected chi connectivity index (χ4v) is 1.91. The van der Waals surface area contributed by atoms with Gasteiger partial charge in [-0.1, -0.05) is 27.4 Å². The Morgan fingerprint density at radius 2 is 1.40 bits per heavy atom. The molecule has 0 saturated carbocycles. The van der Waals surface area contributed by atoms with Crippen LogP contribution in [0.5, 0.6) is 0 Å². The molecule has 0 fully saturated rings. The average molecular weight is 197 g/mol. The van der Waals surface area contributed by atoms with Crippen LogP contribution in [0.4, 0.5) is 0 Å². The molecule has 0 unspecified atom stereocenters. The highest BCUT2D eigenvalue weighted by Gasteiger charge is 2.17. The highest BCUT2D eigenvalue weighted by atomic mass is 16.5. The van der Waals surface area contributed by atoms with Gasteiger partial charge in [-0.25, -0.2) is 4.79 Å². The molecule has 0 bridgehead atoms. The maximum Gasteiger partial charge on any atom is 0.336 e. The minimum atomic E-state index is -0.240. The maximum absolute atomic E-state index is 11.6. The Morgan fingerprint density at radius 3 is 1.73 bits per heavy atom. The molecular weight excluding hydrogens is 183 g/mol. The van der Waals surface area contributed by atoms with E-state index in [9.17, 15) is 4.79 Å². The summed E-state index contributed by atoms with van der Waals surface area (Å²) in [5.41, 5.74) is 6.40. The van der Waals surface area contributed by atoms with Crippen LogP contribution in [0.3, 0.4) is 0 Å². The van der Waals surface area contributed by atoms with Gasteiger partial charge in [0.2, 0.25) is 0 Å². The lowest BCUT2D eigenvalue weighted by Crippen LogP contribution is -2.48. The average Bonchev–Trinajstić information content (AvgIpc) is 2.23. The zero-order chi connectivity index (χ0) is 11.7. The molecular formula is C9H14B4O2. The van der Waals surface area contributed by atoms with Crippen molar-refractivity contribution in [2.45, 2.75) is 6.92 Å². The van der Waals surface area contributed by atoms with Crippen LogP contribution in [-0.2, 0) is 4.74 Å². The zero-order valence-corrected chi connectivity index (χ0v) is 10.3. The van der Waals surface area contributed by atoms with E-state index in [0.717, 1.165) is 16.5 Å². The number of hydrogen-bond acceptors (Lipinski definition) is 2. The normalized spacial score (nSPS) is 10.0. The Bertz CT molecular complexity index is 400. The predicted molar refractivity (Wildman–Crippen MR) is 75.2 cm³/mol. The van der Waals surface area contributed by atoms with Gasteiger partial charge >= 0.3 is 5.97 Å². The van der Waals surface area contributed by atoms with Crippen molar-refractivity contribution in [3.05, 3.63) is 11.1 Å².